The monoisotopic (exact) mass is 248 g/mol. The van der Waals surface area contributed by atoms with Crippen molar-refractivity contribution < 1.29 is 4.74 Å². The highest BCUT2D eigenvalue weighted by Gasteiger charge is 2.21. The van der Waals surface area contributed by atoms with Crippen molar-refractivity contribution in [3.63, 3.8) is 0 Å². The van der Waals surface area contributed by atoms with E-state index in [9.17, 15) is 0 Å². The normalized spacial score (nSPS) is 22.9. The highest BCUT2D eigenvalue weighted by atomic mass is 16.5. The molecular weight excluding hydrogens is 224 g/mol. The van der Waals surface area contributed by atoms with Gasteiger partial charge in [0.05, 0.1) is 6.61 Å². The van der Waals surface area contributed by atoms with E-state index in [-0.39, 0.29) is 6.04 Å². The predicted molar refractivity (Wildman–Crippen MR) is 74.4 cm³/mol. The van der Waals surface area contributed by atoms with E-state index < -0.39 is 0 Å². The van der Waals surface area contributed by atoms with Gasteiger partial charge in [-0.2, -0.15) is 0 Å². The maximum atomic E-state index is 6.27. The number of ether oxygens (including phenoxy) is 1. The molecule has 0 spiro atoms. The van der Waals surface area contributed by atoms with Crippen LogP contribution in [-0.2, 0) is 4.74 Å². The summed E-state index contributed by atoms with van der Waals surface area (Å²) in [6.07, 6.45) is 2.54. The summed E-state index contributed by atoms with van der Waals surface area (Å²) < 4.78 is 5.26. The van der Waals surface area contributed by atoms with Gasteiger partial charge in [-0.3, -0.25) is 0 Å². The molecule has 3 nitrogen and oxygen atoms in total. The minimum atomic E-state index is 0.118. The number of rotatable bonds is 5. The zero-order chi connectivity index (χ0) is 12.8. The molecule has 2 rings (SSSR count). The first-order valence-corrected chi connectivity index (χ1v) is 6.81. The largest absolute Gasteiger partial charge is 0.384 e. The Kier molecular flexibility index (Phi) is 5.17. The number of piperidine rings is 1. The number of likely N-dealkylation sites (tertiary alicyclic amines) is 1. The first kappa shape index (κ1) is 13.5. The topological polar surface area (TPSA) is 38.5 Å². The fourth-order valence-corrected chi connectivity index (χ4v) is 2.77. The van der Waals surface area contributed by atoms with E-state index in [0.717, 1.165) is 19.7 Å². The van der Waals surface area contributed by atoms with Gasteiger partial charge in [-0.15, -0.1) is 0 Å². The number of nitrogens with two attached hydrogens (primary N) is 1. The number of hydrogen-bond acceptors (Lipinski definition) is 3. The molecule has 1 fully saturated rings. The Balaban J connectivity index is 1.85. The lowest BCUT2D eigenvalue weighted by molar-refractivity contribution is 0.0878. The molecule has 1 aromatic carbocycles. The van der Waals surface area contributed by atoms with Gasteiger partial charge in [0.15, 0.2) is 0 Å². The highest BCUT2D eigenvalue weighted by molar-refractivity contribution is 5.18. The van der Waals surface area contributed by atoms with E-state index in [1.54, 1.807) is 7.11 Å². The molecule has 2 N–H and O–H groups in total. The van der Waals surface area contributed by atoms with Gasteiger partial charge >= 0.3 is 0 Å². The second-order valence-corrected chi connectivity index (χ2v) is 5.24. The van der Waals surface area contributed by atoms with Crippen molar-refractivity contribution in [3.8, 4) is 0 Å². The SMILES string of the molecule is COCC1CCCN(CC(N)c2ccccc2)C1. The van der Waals surface area contributed by atoms with Crippen LogP contribution in [0.5, 0.6) is 0 Å². The molecule has 2 unspecified atom stereocenters. The minimum Gasteiger partial charge on any atom is -0.384 e. The standard InChI is InChI=1S/C15H24N2O/c1-18-12-13-6-5-9-17(10-13)11-15(16)14-7-3-2-4-8-14/h2-4,7-8,13,15H,5-6,9-12,16H2,1H3. The number of hydrogen-bond donors (Lipinski definition) is 1. The first-order chi connectivity index (χ1) is 8.79. The summed E-state index contributed by atoms with van der Waals surface area (Å²) in [5.74, 6) is 0.673. The maximum Gasteiger partial charge on any atom is 0.0502 e. The van der Waals surface area contributed by atoms with Gasteiger partial charge in [0.25, 0.3) is 0 Å². The van der Waals surface area contributed by atoms with Crippen LogP contribution in [0.4, 0.5) is 0 Å². The van der Waals surface area contributed by atoms with Crippen molar-refractivity contribution in [1.82, 2.24) is 4.90 Å². The Bertz CT molecular complexity index is 340. The first-order valence-electron chi connectivity index (χ1n) is 6.81. The summed E-state index contributed by atoms with van der Waals surface area (Å²) in [6, 6.07) is 10.5. The van der Waals surface area contributed by atoms with Crippen molar-refractivity contribution in [2.24, 2.45) is 11.7 Å². The van der Waals surface area contributed by atoms with Crippen molar-refractivity contribution in [3.05, 3.63) is 35.9 Å². The quantitative estimate of drug-likeness (QED) is 0.866. The molecule has 1 aliphatic heterocycles. The number of nitrogens with zero attached hydrogens (tertiary/aromatic N) is 1. The van der Waals surface area contributed by atoms with Gasteiger partial charge in [0.1, 0.15) is 0 Å². The second-order valence-electron chi connectivity index (χ2n) is 5.24. The van der Waals surface area contributed by atoms with Crippen LogP contribution in [0.25, 0.3) is 0 Å². The van der Waals surface area contributed by atoms with Crippen molar-refractivity contribution >= 4 is 0 Å². The highest BCUT2D eigenvalue weighted by Crippen LogP contribution is 2.19. The molecule has 1 saturated heterocycles. The van der Waals surface area contributed by atoms with Crippen LogP contribution in [0.3, 0.4) is 0 Å². The molecule has 1 aliphatic rings. The average molecular weight is 248 g/mol. The van der Waals surface area contributed by atoms with Crippen molar-refractivity contribution in [2.45, 2.75) is 18.9 Å². The minimum absolute atomic E-state index is 0.118. The Morgan fingerprint density at radius 2 is 2.17 bits per heavy atom. The fourth-order valence-electron chi connectivity index (χ4n) is 2.77. The van der Waals surface area contributed by atoms with E-state index in [0.29, 0.717) is 5.92 Å². The average Bonchev–Trinajstić information content (AvgIpc) is 2.40. The van der Waals surface area contributed by atoms with Crippen LogP contribution in [0.15, 0.2) is 30.3 Å². The van der Waals surface area contributed by atoms with Crippen molar-refractivity contribution in [2.75, 3.05) is 33.4 Å². The number of benzene rings is 1. The van der Waals surface area contributed by atoms with Crippen LogP contribution < -0.4 is 5.73 Å². The van der Waals surface area contributed by atoms with Gasteiger partial charge in [0.2, 0.25) is 0 Å². The Labute approximate surface area is 110 Å². The van der Waals surface area contributed by atoms with Crippen LogP contribution in [0.2, 0.25) is 0 Å². The molecule has 2 atom stereocenters. The molecule has 0 saturated carbocycles. The van der Waals surface area contributed by atoms with Crippen LogP contribution in [-0.4, -0.2) is 38.3 Å². The second kappa shape index (κ2) is 6.88. The van der Waals surface area contributed by atoms with Crippen LogP contribution in [0.1, 0.15) is 24.4 Å². The van der Waals surface area contributed by atoms with Crippen molar-refractivity contribution in [1.29, 1.82) is 0 Å². The third-order valence-corrected chi connectivity index (χ3v) is 3.69. The van der Waals surface area contributed by atoms with Crippen LogP contribution in [0, 0.1) is 5.92 Å². The molecule has 3 heteroatoms. The molecule has 0 aromatic heterocycles. The third-order valence-electron chi connectivity index (χ3n) is 3.69. The molecule has 0 radical (unpaired) electrons. The molecule has 1 heterocycles. The zero-order valence-corrected chi connectivity index (χ0v) is 11.2. The van der Waals surface area contributed by atoms with E-state index in [2.05, 4.69) is 29.2 Å². The molecule has 0 bridgehead atoms. The summed E-state index contributed by atoms with van der Waals surface area (Å²) in [4.78, 5) is 2.48. The zero-order valence-electron chi connectivity index (χ0n) is 11.2. The van der Waals surface area contributed by atoms with Gasteiger partial charge in [0, 0.05) is 26.2 Å². The molecular formula is C15H24N2O. The number of methoxy groups -OCH3 is 1. The Hall–Kier alpha value is -0.900. The molecule has 0 aliphatic carbocycles. The van der Waals surface area contributed by atoms with Gasteiger partial charge in [-0.05, 0) is 30.9 Å². The summed E-state index contributed by atoms with van der Waals surface area (Å²) in [5, 5.41) is 0. The molecule has 100 valence electrons. The molecule has 1 aromatic rings. The van der Waals surface area contributed by atoms with E-state index in [4.69, 9.17) is 10.5 Å². The maximum absolute atomic E-state index is 6.27. The predicted octanol–water partition coefficient (Wildman–Crippen LogP) is 2.04. The molecule has 0 amide bonds. The van der Waals surface area contributed by atoms with Gasteiger partial charge in [-0.25, -0.2) is 0 Å². The van der Waals surface area contributed by atoms with Crippen LogP contribution >= 0.6 is 0 Å². The van der Waals surface area contributed by atoms with Gasteiger partial charge in [-0.1, -0.05) is 30.3 Å². The summed E-state index contributed by atoms with van der Waals surface area (Å²) in [5.41, 5.74) is 7.50. The lowest BCUT2D eigenvalue weighted by Crippen LogP contribution is -2.40. The van der Waals surface area contributed by atoms with Gasteiger partial charge < -0.3 is 15.4 Å². The fraction of sp³-hybridized carbons (Fsp3) is 0.600. The smallest absolute Gasteiger partial charge is 0.0502 e. The Morgan fingerprint density at radius 1 is 1.39 bits per heavy atom. The summed E-state index contributed by atoms with van der Waals surface area (Å²) in [6.45, 7) is 4.11. The summed E-state index contributed by atoms with van der Waals surface area (Å²) in [7, 11) is 1.79. The van der Waals surface area contributed by atoms with E-state index in [1.165, 1.54) is 24.9 Å². The van der Waals surface area contributed by atoms with E-state index >= 15 is 0 Å². The molecule has 18 heavy (non-hydrogen) atoms. The van der Waals surface area contributed by atoms with E-state index in [1.807, 2.05) is 6.07 Å². The lowest BCUT2D eigenvalue weighted by Gasteiger charge is -2.34. The lowest BCUT2D eigenvalue weighted by atomic mass is 9.98. The third kappa shape index (κ3) is 3.80. The Morgan fingerprint density at radius 3 is 2.89 bits per heavy atom. The summed E-state index contributed by atoms with van der Waals surface area (Å²) >= 11 is 0.